The van der Waals surface area contributed by atoms with E-state index in [9.17, 15) is 4.79 Å². The fraction of sp³-hybridized carbons (Fsp3) is 0.647. The van der Waals surface area contributed by atoms with Gasteiger partial charge in [-0.15, -0.1) is 0 Å². The van der Waals surface area contributed by atoms with Gasteiger partial charge in [-0.2, -0.15) is 0 Å². The van der Waals surface area contributed by atoms with E-state index in [1.54, 1.807) is 11.1 Å². The van der Waals surface area contributed by atoms with Crippen LogP contribution < -0.4 is 5.73 Å². The van der Waals surface area contributed by atoms with Gasteiger partial charge in [0.05, 0.1) is 0 Å². The Morgan fingerprint density at radius 3 is 2.59 bits per heavy atom. The van der Waals surface area contributed by atoms with Crippen LogP contribution in [0.15, 0.2) is 24.5 Å². The van der Waals surface area contributed by atoms with E-state index >= 15 is 0 Å². The van der Waals surface area contributed by atoms with E-state index < -0.39 is 5.60 Å². The maximum absolute atomic E-state index is 12.1. The Morgan fingerprint density at radius 1 is 1.41 bits per heavy atom. The van der Waals surface area contributed by atoms with Crippen LogP contribution in [-0.2, 0) is 11.2 Å². The maximum Gasteiger partial charge on any atom is 0.410 e. The monoisotopic (exact) mass is 305 g/mol. The standard InChI is InChI=1S/C17H27N3O2/c1-16(2,3)22-15(21)20-9-6-17(13-18,7-10-20)11-14-5-4-8-19-12-14/h4-5,8,12H,6-7,9-11,13,18H2,1-3H3. The molecule has 0 aliphatic carbocycles. The second-order valence-electron chi connectivity index (χ2n) is 7.21. The summed E-state index contributed by atoms with van der Waals surface area (Å²) in [6.07, 6.45) is 6.18. The number of likely N-dealkylation sites (tertiary alicyclic amines) is 1. The average molecular weight is 305 g/mol. The number of amides is 1. The van der Waals surface area contributed by atoms with Crippen LogP contribution in [0.5, 0.6) is 0 Å². The molecule has 0 atom stereocenters. The van der Waals surface area contributed by atoms with Gasteiger partial charge >= 0.3 is 6.09 Å². The third-order valence-corrected chi connectivity index (χ3v) is 4.21. The summed E-state index contributed by atoms with van der Waals surface area (Å²) in [5, 5.41) is 0. The van der Waals surface area contributed by atoms with Crippen LogP contribution >= 0.6 is 0 Å². The van der Waals surface area contributed by atoms with Gasteiger partial charge in [0.15, 0.2) is 0 Å². The van der Waals surface area contributed by atoms with Crippen LogP contribution in [0.4, 0.5) is 4.79 Å². The van der Waals surface area contributed by atoms with Crippen LogP contribution in [-0.4, -0.2) is 41.2 Å². The third-order valence-electron chi connectivity index (χ3n) is 4.21. The van der Waals surface area contributed by atoms with Crippen molar-refractivity contribution in [2.45, 2.75) is 45.6 Å². The lowest BCUT2D eigenvalue weighted by molar-refractivity contribution is 0.0109. The van der Waals surface area contributed by atoms with Crippen molar-refractivity contribution in [3.63, 3.8) is 0 Å². The van der Waals surface area contributed by atoms with Crippen LogP contribution in [0.25, 0.3) is 0 Å². The van der Waals surface area contributed by atoms with Gasteiger partial charge in [-0.05, 0) is 63.6 Å². The molecule has 0 radical (unpaired) electrons. The van der Waals surface area contributed by atoms with E-state index in [0.717, 1.165) is 19.3 Å². The fourth-order valence-corrected chi connectivity index (χ4v) is 2.88. The molecule has 0 aromatic carbocycles. The van der Waals surface area contributed by atoms with Gasteiger partial charge in [0.2, 0.25) is 0 Å². The predicted octanol–water partition coefficient (Wildman–Crippen LogP) is 2.60. The lowest BCUT2D eigenvalue weighted by Gasteiger charge is -2.41. The normalized spacial score (nSPS) is 18.1. The van der Waals surface area contributed by atoms with E-state index in [1.165, 1.54) is 5.56 Å². The number of hydrogen-bond acceptors (Lipinski definition) is 4. The van der Waals surface area contributed by atoms with E-state index in [1.807, 2.05) is 33.0 Å². The number of rotatable bonds is 3. The summed E-state index contributed by atoms with van der Waals surface area (Å²) in [5.41, 5.74) is 6.87. The molecule has 1 saturated heterocycles. The maximum atomic E-state index is 12.1. The van der Waals surface area contributed by atoms with Crippen molar-refractivity contribution in [3.8, 4) is 0 Å². The molecule has 122 valence electrons. The Labute approximate surface area is 132 Å². The molecule has 22 heavy (non-hydrogen) atoms. The number of nitrogens with zero attached hydrogens (tertiary/aromatic N) is 2. The van der Waals surface area contributed by atoms with Gasteiger partial charge in [-0.3, -0.25) is 4.98 Å². The number of carbonyl (C=O) groups excluding carboxylic acids is 1. The molecule has 0 saturated carbocycles. The summed E-state index contributed by atoms with van der Waals surface area (Å²) in [6, 6.07) is 4.04. The lowest BCUT2D eigenvalue weighted by atomic mass is 9.74. The summed E-state index contributed by atoms with van der Waals surface area (Å²) < 4.78 is 5.44. The summed E-state index contributed by atoms with van der Waals surface area (Å²) in [5.74, 6) is 0. The first-order chi connectivity index (χ1) is 10.3. The minimum absolute atomic E-state index is 0.0571. The minimum atomic E-state index is -0.449. The second kappa shape index (κ2) is 6.65. The SMILES string of the molecule is CC(C)(C)OC(=O)N1CCC(CN)(Cc2cccnc2)CC1. The predicted molar refractivity (Wildman–Crippen MR) is 86.5 cm³/mol. The summed E-state index contributed by atoms with van der Waals surface area (Å²) in [7, 11) is 0. The van der Waals surface area contributed by atoms with E-state index in [4.69, 9.17) is 10.5 Å². The minimum Gasteiger partial charge on any atom is -0.444 e. The first-order valence-electron chi connectivity index (χ1n) is 7.90. The van der Waals surface area contributed by atoms with Gasteiger partial charge in [0.1, 0.15) is 5.60 Å². The van der Waals surface area contributed by atoms with Gasteiger partial charge in [0, 0.05) is 25.5 Å². The molecular weight excluding hydrogens is 278 g/mol. The van der Waals surface area contributed by atoms with Crippen LogP contribution in [0.1, 0.15) is 39.2 Å². The van der Waals surface area contributed by atoms with Crippen molar-refractivity contribution in [1.29, 1.82) is 0 Å². The Hall–Kier alpha value is -1.62. The molecule has 1 aromatic rings. The summed E-state index contributed by atoms with van der Waals surface area (Å²) in [6.45, 7) is 7.70. The van der Waals surface area contributed by atoms with Crippen molar-refractivity contribution >= 4 is 6.09 Å². The Kier molecular flexibility index (Phi) is 5.06. The zero-order valence-corrected chi connectivity index (χ0v) is 13.8. The summed E-state index contributed by atoms with van der Waals surface area (Å²) >= 11 is 0. The van der Waals surface area contributed by atoms with Crippen LogP contribution in [0.3, 0.4) is 0 Å². The van der Waals surface area contributed by atoms with Crippen LogP contribution in [0, 0.1) is 5.41 Å². The lowest BCUT2D eigenvalue weighted by Crippen LogP contribution is -2.48. The zero-order chi connectivity index (χ0) is 16.2. The number of pyridine rings is 1. The third kappa shape index (κ3) is 4.44. The largest absolute Gasteiger partial charge is 0.444 e. The van der Waals surface area contributed by atoms with Crippen molar-refractivity contribution in [1.82, 2.24) is 9.88 Å². The smallest absolute Gasteiger partial charge is 0.410 e. The molecule has 0 spiro atoms. The molecule has 5 heteroatoms. The molecule has 2 N–H and O–H groups in total. The molecule has 2 rings (SSSR count). The molecule has 1 amide bonds. The molecule has 1 aromatic heterocycles. The van der Waals surface area contributed by atoms with Gasteiger partial charge in [0.25, 0.3) is 0 Å². The van der Waals surface area contributed by atoms with Gasteiger partial charge < -0.3 is 15.4 Å². The first-order valence-corrected chi connectivity index (χ1v) is 7.90. The van der Waals surface area contributed by atoms with Crippen LogP contribution in [0.2, 0.25) is 0 Å². The number of hydrogen-bond donors (Lipinski definition) is 1. The quantitative estimate of drug-likeness (QED) is 0.932. The molecule has 5 nitrogen and oxygen atoms in total. The first kappa shape index (κ1) is 16.7. The molecule has 1 aliphatic heterocycles. The highest BCUT2D eigenvalue weighted by molar-refractivity contribution is 5.68. The van der Waals surface area contributed by atoms with Gasteiger partial charge in [-0.1, -0.05) is 6.07 Å². The van der Waals surface area contributed by atoms with Crippen molar-refractivity contribution in [2.24, 2.45) is 11.1 Å². The Bertz CT molecular complexity index is 488. The highest BCUT2D eigenvalue weighted by Gasteiger charge is 2.36. The van der Waals surface area contributed by atoms with E-state index in [2.05, 4.69) is 11.1 Å². The molecule has 0 unspecified atom stereocenters. The highest BCUT2D eigenvalue weighted by Crippen LogP contribution is 2.34. The fourth-order valence-electron chi connectivity index (χ4n) is 2.88. The van der Waals surface area contributed by atoms with Crippen molar-refractivity contribution < 1.29 is 9.53 Å². The Balaban J connectivity index is 1.95. The number of piperidine rings is 1. The van der Waals surface area contributed by atoms with E-state index in [-0.39, 0.29) is 11.5 Å². The Morgan fingerprint density at radius 2 is 2.09 bits per heavy atom. The van der Waals surface area contributed by atoms with Gasteiger partial charge in [-0.25, -0.2) is 4.79 Å². The molecule has 2 heterocycles. The molecule has 0 bridgehead atoms. The average Bonchev–Trinajstić information content (AvgIpc) is 2.47. The molecule has 1 aliphatic rings. The zero-order valence-electron chi connectivity index (χ0n) is 13.8. The second-order valence-corrected chi connectivity index (χ2v) is 7.21. The van der Waals surface area contributed by atoms with Crippen molar-refractivity contribution in [3.05, 3.63) is 30.1 Å². The van der Waals surface area contributed by atoms with E-state index in [0.29, 0.717) is 19.6 Å². The topological polar surface area (TPSA) is 68.5 Å². The molecular formula is C17H27N3O2. The molecule has 1 fully saturated rings. The highest BCUT2D eigenvalue weighted by atomic mass is 16.6. The summed E-state index contributed by atoms with van der Waals surface area (Å²) in [4.78, 5) is 18.1. The number of carbonyl (C=O) groups is 1. The number of aromatic nitrogens is 1. The number of ether oxygens (including phenoxy) is 1. The van der Waals surface area contributed by atoms with Crippen molar-refractivity contribution in [2.75, 3.05) is 19.6 Å². The number of nitrogens with two attached hydrogens (primary N) is 1.